The van der Waals surface area contributed by atoms with Crippen molar-refractivity contribution in [2.75, 3.05) is 13.2 Å². The van der Waals surface area contributed by atoms with Gasteiger partial charge < -0.3 is 19.5 Å². The fraction of sp³-hybridized carbons (Fsp3) is 0.276. The molecule has 1 fully saturated rings. The standard InChI is InChI=1S/C29H30N2O5/c1-3-5-17-36-23-12-11-22(18-24(23)35-4-2)26-25(27(32)21-9-7-6-8-10-21)28(33)29(34)31(26)19-20-13-15-30-16-14-20/h6-16,18,26,32H,3-5,17,19H2,1-2H3/b27-25+. The second-order valence-electron chi connectivity index (χ2n) is 8.49. The summed E-state index contributed by atoms with van der Waals surface area (Å²) in [5.41, 5.74) is 1.98. The fourth-order valence-corrected chi connectivity index (χ4v) is 4.23. The van der Waals surface area contributed by atoms with Crippen LogP contribution in [-0.2, 0) is 16.1 Å². The zero-order chi connectivity index (χ0) is 25.5. The van der Waals surface area contributed by atoms with Crippen LogP contribution in [0.15, 0.2) is 78.6 Å². The predicted octanol–water partition coefficient (Wildman–Crippen LogP) is 5.28. The summed E-state index contributed by atoms with van der Waals surface area (Å²) in [5, 5.41) is 11.2. The van der Waals surface area contributed by atoms with Crippen molar-refractivity contribution in [2.24, 2.45) is 0 Å². The number of hydrogen-bond donors (Lipinski definition) is 1. The molecule has 1 amide bonds. The van der Waals surface area contributed by atoms with Crippen LogP contribution in [0.25, 0.3) is 5.76 Å². The van der Waals surface area contributed by atoms with E-state index in [0.29, 0.717) is 35.8 Å². The Balaban J connectivity index is 1.83. The van der Waals surface area contributed by atoms with Gasteiger partial charge in [0.15, 0.2) is 11.5 Å². The smallest absolute Gasteiger partial charge is 0.295 e. The molecular weight excluding hydrogens is 456 g/mol. The molecule has 3 aromatic rings. The number of ketones is 1. The van der Waals surface area contributed by atoms with Crippen LogP contribution in [-0.4, -0.2) is 39.9 Å². The number of aliphatic hydroxyl groups excluding tert-OH is 1. The first-order valence-corrected chi connectivity index (χ1v) is 12.2. The molecule has 36 heavy (non-hydrogen) atoms. The highest BCUT2D eigenvalue weighted by atomic mass is 16.5. The predicted molar refractivity (Wildman–Crippen MR) is 137 cm³/mol. The SMILES string of the molecule is CCCCOc1ccc(C2/C(=C(\O)c3ccccc3)C(=O)C(=O)N2Cc2ccncc2)cc1OCC. The molecule has 1 N–H and O–H groups in total. The number of aliphatic hydroxyl groups is 1. The maximum absolute atomic E-state index is 13.3. The van der Waals surface area contributed by atoms with Crippen molar-refractivity contribution in [3.05, 3.63) is 95.3 Å². The highest BCUT2D eigenvalue weighted by molar-refractivity contribution is 6.46. The minimum Gasteiger partial charge on any atom is -0.507 e. The summed E-state index contributed by atoms with van der Waals surface area (Å²) in [4.78, 5) is 32.0. The van der Waals surface area contributed by atoms with Crippen LogP contribution in [0.3, 0.4) is 0 Å². The minimum absolute atomic E-state index is 0.0438. The monoisotopic (exact) mass is 486 g/mol. The van der Waals surface area contributed by atoms with Crippen LogP contribution >= 0.6 is 0 Å². The van der Waals surface area contributed by atoms with Gasteiger partial charge in [0.05, 0.1) is 24.8 Å². The Morgan fingerprint density at radius 3 is 2.42 bits per heavy atom. The van der Waals surface area contributed by atoms with Crippen molar-refractivity contribution in [1.29, 1.82) is 0 Å². The van der Waals surface area contributed by atoms with Crippen molar-refractivity contribution in [2.45, 2.75) is 39.3 Å². The summed E-state index contributed by atoms with van der Waals surface area (Å²) in [5.74, 6) is -0.479. The Labute approximate surface area is 211 Å². The summed E-state index contributed by atoms with van der Waals surface area (Å²) in [7, 11) is 0. The van der Waals surface area contributed by atoms with E-state index in [1.165, 1.54) is 4.90 Å². The van der Waals surface area contributed by atoms with Gasteiger partial charge in [-0.3, -0.25) is 14.6 Å². The van der Waals surface area contributed by atoms with Gasteiger partial charge >= 0.3 is 0 Å². The molecule has 1 saturated heterocycles. The molecule has 0 saturated carbocycles. The lowest BCUT2D eigenvalue weighted by molar-refractivity contribution is -0.140. The van der Waals surface area contributed by atoms with Crippen molar-refractivity contribution in [3.63, 3.8) is 0 Å². The number of unbranched alkanes of at least 4 members (excludes halogenated alkanes) is 1. The molecule has 1 unspecified atom stereocenters. The van der Waals surface area contributed by atoms with Gasteiger partial charge in [-0.05, 0) is 48.7 Å². The molecule has 7 heteroatoms. The van der Waals surface area contributed by atoms with E-state index in [1.54, 1.807) is 60.9 Å². The maximum Gasteiger partial charge on any atom is 0.295 e. The number of benzene rings is 2. The number of hydrogen-bond acceptors (Lipinski definition) is 6. The zero-order valence-electron chi connectivity index (χ0n) is 20.5. The number of ether oxygens (including phenoxy) is 2. The molecule has 0 radical (unpaired) electrons. The highest BCUT2D eigenvalue weighted by Crippen LogP contribution is 2.42. The van der Waals surface area contributed by atoms with Crippen molar-refractivity contribution < 1.29 is 24.2 Å². The number of carbonyl (C=O) groups is 2. The Morgan fingerprint density at radius 2 is 1.72 bits per heavy atom. The van der Waals surface area contributed by atoms with Gasteiger partial charge in [0.2, 0.25) is 0 Å². The second-order valence-corrected chi connectivity index (χ2v) is 8.49. The lowest BCUT2D eigenvalue weighted by Gasteiger charge is -2.26. The molecule has 2 heterocycles. The van der Waals surface area contributed by atoms with Crippen LogP contribution in [0.5, 0.6) is 11.5 Å². The average Bonchev–Trinajstić information content (AvgIpc) is 3.15. The van der Waals surface area contributed by atoms with Crippen LogP contribution < -0.4 is 9.47 Å². The van der Waals surface area contributed by atoms with E-state index in [-0.39, 0.29) is 17.9 Å². The van der Waals surface area contributed by atoms with E-state index in [9.17, 15) is 14.7 Å². The summed E-state index contributed by atoms with van der Waals surface area (Å²) in [6.45, 7) is 5.14. The number of carbonyl (C=O) groups excluding carboxylic acids is 2. The summed E-state index contributed by atoms with van der Waals surface area (Å²) in [6, 6.07) is 17.0. The Hall–Kier alpha value is -4.13. The van der Waals surface area contributed by atoms with Gasteiger partial charge in [0, 0.05) is 24.5 Å². The van der Waals surface area contributed by atoms with Gasteiger partial charge in [0.25, 0.3) is 11.7 Å². The molecule has 186 valence electrons. The third kappa shape index (κ3) is 5.25. The first-order chi connectivity index (χ1) is 17.5. The molecule has 1 atom stereocenters. The second kappa shape index (κ2) is 11.5. The molecule has 1 aliphatic heterocycles. The summed E-state index contributed by atoms with van der Waals surface area (Å²) >= 11 is 0. The largest absolute Gasteiger partial charge is 0.507 e. The van der Waals surface area contributed by atoms with Crippen LogP contribution in [0.4, 0.5) is 0 Å². The first kappa shape index (κ1) is 25.0. The Morgan fingerprint density at radius 1 is 0.972 bits per heavy atom. The summed E-state index contributed by atoms with van der Waals surface area (Å²) < 4.78 is 11.8. The number of rotatable bonds is 10. The average molecular weight is 487 g/mol. The van der Waals surface area contributed by atoms with Gasteiger partial charge in [-0.25, -0.2) is 0 Å². The number of pyridine rings is 1. The van der Waals surface area contributed by atoms with E-state index < -0.39 is 17.7 Å². The van der Waals surface area contributed by atoms with Crippen LogP contribution in [0.1, 0.15) is 49.4 Å². The molecule has 1 aliphatic rings. The van der Waals surface area contributed by atoms with Crippen molar-refractivity contribution >= 4 is 17.4 Å². The number of aromatic nitrogens is 1. The minimum atomic E-state index is -0.803. The lowest BCUT2D eigenvalue weighted by atomic mass is 9.95. The first-order valence-electron chi connectivity index (χ1n) is 12.2. The molecule has 0 spiro atoms. The molecule has 4 rings (SSSR count). The highest BCUT2D eigenvalue weighted by Gasteiger charge is 2.46. The number of amides is 1. The number of Topliss-reactive ketones (excluding diaryl/α,β-unsaturated/α-hetero) is 1. The fourth-order valence-electron chi connectivity index (χ4n) is 4.23. The van der Waals surface area contributed by atoms with Gasteiger partial charge in [-0.1, -0.05) is 49.7 Å². The van der Waals surface area contributed by atoms with Gasteiger partial charge in [-0.15, -0.1) is 0 Å². The van der Waals surface area contributed by atoms with Gasteiger partial charge in [-0.2, -0.15) is 0 Å². The van der Waals surface area contributed by atoms with Crippen LogP contribution in [0.2, 0.25) is 0 Å². The van der Waals surface area contributed by atoms with E-state index in [2.05, 4.69) is 11.9 Å². The number of likely N-dealkylation sites (tertiary alicyclic amines) is 1. The number of nitrogens with zero attached hydrogens (tertiary/aromatic N) is 2. The molecule has 1 aromatic heterocycles. The van der Waals surface area contributed by atoms with Crippen molar-refractivity contribution in [1.82, 2.24) is 9.88 Å². The topological polar surface area (TPSA) is 89.0 Å². The third-order valence-electron chi connectivity index (χ3n) is 6.03. The molecule has 0 bridgehead atoms. The third-order valence-corrected chi connectivity index (χ3v) is 6.03. The van der Waals surface area contributed by atoms with E-state index >= 15 is 0 Å². The maximum atomic E-state index is 13.3. The lowest BCUT2D eigenvalue weighted by Crippen LogP contribution is -2.29. The Bertz CT molecular complexity index is 1240. The van der Waals surface area contributed by atoms with Gasteiger partial charge in [0.1, 0.15) is 5.76 Å². The van der Waals surface area contributed by atoms with E-state index in [4.69, 9.17) is 9.47 Å². The molecule has 0 aliphatic carbocycles. The van der Waals surface area contributed by atoms with E-state index in [1.807, 2.05) is 19.1 Å². The Kier molecular flexibility index (Phi) is 8.00. The van der Waals surface area contributed by atoms with Crippen molar-refractivity contribution in [3.8, 4) is 11.5 Å². The molecular formula is C29H30N2O5. The molecule has 2 aromatic carbocycles. The summed E-state index contributed by atoms with van der Waals surface area (Å²) in [6.07, 6.45) is 5.20. The molecule has 7 nitrogen and oxygen atoms in total. The quantitative estimate of drug-likeness (QED) is 0.182. The zero-order valence-corrected chi connectivity index (χ0v) is 20.5. The normalized spacial score (nSPS) is 16.8. The van der Waals surface area contributed by atoms with E-state index in [0.717, 1.165) is 18.4 Å². The van der Waals surface area contributed by atoms with Crippen LogP contribution in [0, 0.1) is 0 Å².